The molecule has 2 N–H and O–H groups in total. The summed E-state index contributed by atoms with van der Waals surface area (Å²) >= 11 is 0. The van der Waals surface area contributed by atoms with Gasteiger partial charge in [0.25, 0.3) is 0 Å². The van der Waals surface area contributed by atoms with E-state index in [-0.39, 0.29) is 5.54 Å². The molecule has 0 spiro atoms. The van der Waals surface area contributed by atoms with Crippen LogP contribution < -0.4 is 10.6 Å². The molecule has 0 atom stereocenters. The normalized spacial score (nSPS) is 13.1. The molecule has 5 nitrogen and oxygen atoms in total. The SMILES string of the molecule is CCNC(=NCC(C)(C)N(C)C)NCCCOCC(C)C. The molecule has 0 radical (unpaired) electrons. The third kappa shape index (κ3) is 10.5. The van der Waals surface area contributed by atoms with Gasteiger partial charge in [0.1, 0.15) is 0 Å². The summed E-state index contributed by atoms with van der Waals surface area (Å²) in [7, 11) is 4.17. The molecular formula is C16H36N4O. The molecule has 0 saturated carbocycles. The molecule has 0 amide bonds. The smallest absolute Gasteiger partial charge is 0.191 e. The molecule has 0 bridgehead atoms. The van der Waals surface area contributed by atoms with Gasteiger partial charge in [0.2, 0.25) is 0 Å². The lowest BCUT2D eigenvalue weighted by Crippen LogP contribution is -2.44. The molecule has 0 aromatic rings. The van der Waals surface area contributed by atoms with E-state index >= 15 is 0 Å². The quantitative estimate of drug-likeness (QED) is 0.368. The van der Waals surface area contributed by atoms with Crippen molar-refractivity contribution in [3.05, 3.63) is 0 Å². The molecule has 0 unspecified atom stereocenters. The number of guanidine groups is 1. The van der Waals surface area contributed by atoms with Crippen LogP contribution in [0.4, 0.5) is 0 Å². The Hall–Kier alpha value is -0.810. The number of rotatable bonds is 10. The van der Waals surface area contributed by atoms with E-state index in [2.05, 4.69) is 69.2 Å². The van der Waals surface area contributed by atoms with Gasteiger partial charge in [0.05, 0.1) is 6.54 Å². The molecule has 0 aliphatic rings. The highest BCUT2D eigenvalue weighted by molar-refractivity contribution is 5.79. The van der Waals surface area contributed by atoms with Gasteiger partial charge in [0.15, 0.2) is 5.96 Å². The minimum absolute atomic E-state index is 0.0583. The number of hydrogen-bond acceptors (Lipinski definition) is 3. The summed E-state index contributed by atoms with van der Waals surface area (Å²) in [5, 5.41) is 6.64. The zero-order valence-corrected chi connectivity index (χ0v) is 15.1. The van der Waals surface area contributed by atoms with Crippen molar-refractivity contribution < 1.29 is 4.74 Å². The summed E-state index contributed by atoms with van der Waals surface area (Å²) < 4.78 is 5.58. The fourth-order valence-corrected chi connectivity index (χ4v) is 1.46. The summed E-state index contributed by atoms with van der Waals surface area (Å²) in [6.45, 7) is 15.0. The molecule has 0 saturated heterocycles. The lowest BCUT2D eigenvalue weighted by atomic mass is 10.1. The highest BCUT2D eigenvalue weighted by atomic mass is 16.5. The van der Waals surface area contributed by atoms with Crippen LogP contribution in [0, 0.1) is 5.92 Å². The monoisotopic (exact) mass is 300 g/mol. The first-order valence-corrected chi connectivity index (χ1v) is 8.07. The number of aliphatic imine (C=N–C) groups is 1. The summed E-state index contributed by atoms with van der Waals surface area (Å²) in [4.78, 5) is 6.86. The van der Waals surface area contributed by atoms with Crippen molar-refractivity contribution in [1.29, 1.82) is 0 Å². The van der Waals surface area contributed by atoms with Crippen molar-refractivity contribution in [3.63, 3.8) is 0 Å². The van der Waals surface area contributed by atoms with Gasteiger partial charge in [-0.25, -0.2) is 0 Å². The second-order valence-electron chi connectivity index (χ2n) is 6.65. The Labute approximate surface area is 131 Å². The Kier molecular flexibility index (Phi) is 10.4. The summed E-state index contributed by atoms with van der Waals surface area (Å²) in [5.41, 5.74) is 0.0583. The van der Waals surface area contributed by atoms with Gasteiger partial charge in [-0.05, 0) is 47.2 Å². The fourth-order valence-electron chi connectivity index (χ4n) is 1.46. The Morgan fingerprint density at radius 3 is 2.43 bits per heavy atom. The van der Waals surface area contributed by atoms with Crippen molar-refractivity contribution in [2.75, 3.05) is 46.9 Å². The fraction of sp³-hybridized carbons (Fsp3) is 0.938. The summed E-state index contributed by atoms with van der Waals surface area (Å²) in [5.74, 6) is 1.49. The molecule has 0 rings (SSSR count). The molecule has 0 heterocycles. The van der Waals surface area contributed by atoms with Crippen LogP contribution in [-0.2, 0) is 4.74 Å². The largest absolute Gasteiger partial charge is 0.381 e. The molecule has 0 aromatic heterocycles. The topological polar surface area (TPSA) is 48.9 Å². The third-order valence-electron chi connectivity index (χ3n) is 3.39. The summed E-state index contributed by atoms with van der Waals surface area (Å²) in [6.07, 6.45) is 0.994. The molecule has 126 valence electrons. The van der Waals surface area contributed by atoms with Crippen molar-refractivity contribution in [3.8, 4) is 0 Å². The van der Waals surface area contributed by atoms with Crippen LogP contribution in [0.25, 0.3) is 0 Å². The van der Waals surface area contributed by atoms with Crippen LogP contribution >= 0.6 is 0 Å². The first-order valence-electron chi connectivity index (χ1n) is 8.07. The molecule has 0 aliphatic carbocycles. The maximum atomic E-state index is 5.58. The van der Waals surface area contributed by atoms with Crippen LogP contribution in [0.5, 0.6) is 0 Å². The van der Waals surface area contributed by atoms with Gasteiger partial charge in [-0.2, -0.15) is 0 Å². The maximum Gasteiger partial charge on any atom is 0.191 e. The van der Waals surface area contributed by atoms with Crippen LogP contribution in [0.15, 0.2) is 4.99 Å². The number of nitrogens with zero attached hydrogens (tertiary/aromatic N) is 2. The van der Waals surface area contributed by atoms with E-state index in [0.29, 0.717) is 5.92 Å². The van der Waals surface area contributed by atoms with Gasteiger partial charge in [-0.1, -0.05) is 13.8 Å². The number of likely N-dealkylation sites (N-methyl/N-ethyl adjacent to an activating group) is 1. The van der Waals surface area contributed by atoms with E-state index in [1.54, 1.807) is 0 Å². The van der Waals surface area contributed by atoms with E-state index in [1.165, 1.54) is 0 Å². The van der Waals surface area contributed by atoms with Gasteiger partial charge in [-0.3, -0.25) is 4.99 Å². The van der Waals surface area contributed by atoms with Crippen molar-refractivity contribution in [2.24, 2.45) is 10.9 Å². The van der Waals surface area contributed by atoms with Gasteiger partial charge in [-0.15, -0.1) is 0 Å². The number of ether oxygens (including phenoxy) is 1. The lowest BCUT2D eigenvalue weighted by Gasteiger charge is -2.31. The molecule has 21 heavy (non-hydrogen) atoms. The number of hydrogen-bond donors (Lipinski definition) is 2. The van der Waals surface area contributed by atoms with E-state index in [9.17, 15) is 0 Å². The molecule has 0 aliphatic heterocycles. The van der Waals surface area contributed by atoms with E-state index < -0.39 is 0 Å². The van der Waals surface area contributed by atoms with Crippen LogP contribution in [-0.4, -0.2) is 63.3 Å². The first kappa shape index (κ1) is 20.2. The molecule has 5 heteroatoms. The highest BCUT2D eigenvalue weighted by Crippen LogP contribution is 2.09. The molecule has 0 fully saturated rings. The van der Waals surface area contributed by atoms with Gasteiger partial charge >= 0.3 is 0 Å². The average Bonchev–Trinajstić information content (AvgIpc) is 2.39. The van der Waals surface area contributed by atoms with Crippen LogP contribution in [0.1, 0.15) is 41.0 Å². The standard InChI is InChI=1S/C16H36N4O/c1-8-17-15(19-13-16(4,5)20(6)7)18-10-9-11-21-12-14(2)3/h14H,8-13H2,1-7H3,(H2,17,18,19). The number of nitrogens with one attached hydrogen (secondary N) is 2. The average molecular weight is 300 g/mol. The van der Waals surface area contributed by atoms with Crippen molar-refractivity contribution in [1.82, 2.24) is 15.5 Å². The van der Waals surface area contributed by atoms with E-state index in [4.69, 9.17) is 4.74 Å². The van der Waals surface area contributed by atoms with Gasteiger partial charge < -0.3 is 20.3 Å². The van der Waals surface area contributed by atoms with E-state index in [1.807, 2.05) is 0 Å². The Morgan fingerprint density at radius 1 is 1.24 bits per heavy atom. The molecule has 0 aromatic carbocycles. The first-order chi connectivity index (χ1) is 9.79. The minimum Gasteiger partial charge on any atom is -0.381 e. The second-order valence-corrected chi connectivity index (χ2v) is 6.65. The van der Waals surface area contributed by atoms with Gasteiger partial charge in [0, 0.05) is 31.8 Å². The maximum absolute atomic E-state index is 5.58. The minimum atomic E-state index is 0.0583. The predicted octanol–water partition coefficient (Wildman–Crippen LogP) is 1.94. The highest BCUT2D eigenvalue weighted by Gasteiger charge is 2.19. The Bertz CT molecular complexity index is 288. The van der Waals surface area contributed by atoms with E-state index in [0.717, 1.165) is 45.2 Å². The second kappa shape index (κ2) is 10.9. The Balaban J connectivity index is 4.07. The van der Waals surface area contributed by atoms with Crippen molar-refractivity contribution in [2.45, 2.75) is 46.6 Å². The lowest BCUT2D eigenvalue weighted by molar-refractivity contribution is 0.108. The van der Waals surface area contributed by atoms with Crippen LogP contribution in [0.3, 0.4) is 0 Å². The van der Waals surface area contributed by atoms with Crippen LogP contribution in [0.2, 0.25) is 0 Å². The van der Waals surface area contributed by atoms with Crippen molar-refractivity contribution >= 4 is 5.96 Å². The zero-order valence-electron chi connectivity index (χ0n) is 15.1. The third-order valence-corrected chi connectivity index (χ3v) is 3.39. The Morgan fingerprint density at radius 2 is 1.90 bits per heavy atom. The summed E-state index contributed by atoms with van der Waals surface area (Å²) in [6, 6.07) is 0. The zero-order chi connectivity index (χ0) is 16.3. The predicted molar refractivity (Wildman–Crippen MR) is 92.0 cm³/mol. The molecular weight excluding hydrogens is 264 g/mol.